The Balaban J connectivity index is 1.53. The number of carboxylic acid groups (broad SMARTS) is 1. The lowest BCUT2D eigenvalue weighted by atomic mass is 9.84. The summed E-state index contributed by atoms with van der Waals surface area (Å²) in [5.41, 5.74) is 5.11. The van der Waals surface area contributed by atoms with Gasteiger partial charge in [0, 0.05) is 28.5 Å². The normalized spacial score (nSPS) is 17.7. The maximum absolute atomic E-state index is 15.2. The highest BCUT2D eigenvalue weighted by Gasteiger charge is 2.30. The first-order chi connectivity index (χ1) is 20.2. The summed E-state index contributed by atoms with van der Waals surface area (Å²) in [6, 6.07) is 9.47. The Hall–Kier alpha value is -3.38. The molecule has 3 N–H and O–H groups in total. The first-order valence-corrected chi connectivity index (χ1v) is 16.0. The van der Waals surface area contributed by atoms with E-state index in [1.807, 2.05) is 6.07 Å². The van der Waals surface area contributed by atoms with Gasteiger partial charge >= 0.3 is 5.97 Å². The number of nitrogens with zero attached hydrogens (tertiary/aromatic N) is 3. The molecule has 0 bridgehead atoms. The van der Waals surface area contributed by atoms with Crippen LogP contribution in [0, 0.1) is 23.5 Å². The van der Waals surface area contributed by atoms with Gasteiger partial charge in [-0.05, 0) is 91.8 Å². The molecule has 2 aliphatic rings. The number of hydrogen-bond donors (Lipinski definition) is 2. The van der Waals surface area contributed by atoms with Crippen molar-refractivity contribution in [3.05, 3.63) is 87.6 Å². The maximum atomic E-state index is 15.2. The standard InChI is InChI=1S/C31H30F2N4O3S2/c1-17-4-2-3-5-21(17)22-15-20(9-10-24(22)32)29-23(12-19-8-11-28(42(34)40)25(33)13-19)27(14-18-6-7-18)37(36-29)31-35-26(16-41-31)30(38)39/h5,8-11,13,15-18H,2-4,6-7,12,14,34H2,1H3,(H,38,39). The van der Waals surface area contributed by atoms with E-state index in [0.717, 1.165) is 48.9 Å². The molecule has 0 spiro atoms. The molecule has 4 aromatic rings. The number of allylic oxidation sites excluding steroid dienone is 2. The third kappa shape index (κ3) is 5.78. The third-order valence-electron chi connectivity index (χ3n) is 8.04. The molecule has 2 heterocycles. The van der Waals surface area contributed by atoms with Crippen LogP contribution < -0.4 is 5.14 Å². The van der Waals surface area contributed by atoms with Crippen molar-refractivity contribution in [1.82, 2.24) is 14.8 Å². The van der Waals surface area contributed by atoms with E-state index in [1.54, 1.807) is 16.8 Å². The molecule has 218 valence electrons. The van der Waals surface area contributed by atoms with E-state index in [9.17, 15) is 18.8 Å². The molecule has 42 heavy (non-hydrogen) atoms. The lowest BCUT2D eigenvalue weighted by Gasteiger charge is -2.21. The number of hydrogen-bond acceptors (Lipinski definition) is 6. The number of aromatic carboxylic acids is 1. The molecule has 1 saturated carbocycles. The molecule has 0 aliphatic heterocycles. The van der Waals surface area contributed by atoms with E-state index in [4.69, 9.17) is 10.2 Å². The fourth-order valence-corrected chi connectivity index (χ4v) is 6.88. The number of benzene rings is 2. The van der Waals surface area contributed by atoms with Gasteiger partial charge in [0.1, 0.15) is 5.82 Å². The van der Waals surface area contributed by atoms with Crippen LogP contribution in [-0.2, 0) is 24.2 Å². The van der Waals surface area contributed by atoms with Crippen molar-refractivity contribution < 1.29 is 23.2 Å². The monoisotopic (exact) mass is 608 g/mol. The van der Waals surface area contributed by atoms with E-state index in [0.29, 0.717) is 46.3 Å². The van der Waals surface area contributed by atoms with Gasteiger partial charge in [-0.1, -0.05) is 19.1 Å². The van der Waals surface area contributed by atoms with Gasteiger partial charge in [0.2, 0.25) is 10.0 Å². The summed E-state index contributed by atoms with van der Waals surface area (Å²) in [5.74, 6) is -1.40. The molecule has 11 heteroatoms. The largest absolute Gasteiger partial charge is 0.593 e. The van der Waals surface area contributed by atoms with Crippen molar-refractivity contribution in [1.29, 1.82) is 0 Å². The van der Waals surface area contributed by atoms with Gasteiger partial charge in [-0.15, -0.1) is 16.5 Å². The lowest BCUT2D eigenvalue weighted by Crippen LogP contribution is -2.14. The van der Waals surface area contributed by atoms with Gasteiger partial charge in [-0.25, -0.2) is 23.2 Å². The molecule has 0 saturated heterocycles. The molecule has 2 atom stereocenters. The van der Waals surface area contributed by atoms with Crippen LogP contribution in [0.5, 0.6) is 0 Å². The van der Waals surface area contributed by atoms with Crippen LogP contribution in [0.15, 0.2) is 52.7 Å². The van der Waals surface area contributed by atoms with Crippen LogP contribution in [0.2, 0.25) is 0 Å². The Morgan fingerprint density at radius 3 is 2.67 bits per heavy atom. The Morgan fingerprint density at radius 1 is 1.19 bits per heavy atom. The van der Waals surface area contributed by atoms with Gasteiger partial charge < -0.3 is 9.66 Å². The predicted molar refractivity (Wildman–Crippen MR) is 159 cm³/mol. The summed E-state index contributed by atoms with van der Waals surface area (Å²) in [6.07, 6.45) is 8.20. The highest BCUT2D eigenvalue weighted by atomic mass is 32.2. The summed E-state index contributed by atoms with van der Waals surface area (Å²) in [6.45, 7) is 2.11. The van der Waals surface area contributed by atoms with Crippen LogP contribution in [0.4, 0.5) is 8.78 Å². The molecule has 6 rings (SSSR count). The van der Waals surface area contributed by atoms with Crippen molar-refractivity contribution >= 4 is 34.2 Å². The van der Waals surface area contributed by atoms with Gasteiger partial charge in [0.05, 0.1) is 22.7 Å². The second-order valence-electron chi connectivity index (χ2n) is 11.1. The molecule has 2 aromatic carbocycles. The molecular formula is C31H30F2N4O3S2. The zero-order valence-electron chi connectivity index (χ0n) is 23.0. The minimum absolute atomic E-state index is 0.0688. The van der Waals surface area contributed by atoms with Crippen molar-refractivity contribution in [2.45, 2.75) is 56.8 Å². The minimum atomic E-state index is -1.95. The lowest BCUT2D eigenvalue weighted by molar-refractivity contribution is 0.0691. The van der Waals surface area contributed by atoms with Crippen molar-refractivity contribution in [2.75, 3.05) is 0 Å². The number of carboxylic acids is 1. The van der Waals surface area contributed by atoms with Gasteiger partial charge in [-0.2, -0.15) is 5.10 Å². The first kappa shape index (κ1) is 28.7. The number of halogens is 2. The van der Waals surface area contributed by atoms with Crippen molar-refractivity contribution in [2.24, 2.45) is 17.0 Å². The zero-order chi connectivity index (χ0) is 29.5. The second kappa shape index (κ2) is 11.7. The summed E-state index contributed by atoms with van der Waals surface area (Å²) >= 11 is -0.769. The molecule has 2 unspecified atom stereocenters. The van der Waals surface area contributed by atoms with Gasteiger partial charge in [0.15, 0.2) is 11.5 Å². The highest BCUT2D eigenvalue weighted by molar-refractivity contribution is 7.89. The summed E-state index contributed by atoms with van der Waals surface area (Å²) < 4.78 is 43.5. The fourth-order valence-electron chi connectivity index (χ4n) is 5.66. The molecular weight excluding hydrogens is 578 g/mol. The predicted octanol–water partition coefficient (Wildman–Crippen LogP) is 6.70. The van der Waals surface area contributed by atoms with Crippen LogP contribution in [-0.4, -0.2) is 30.4 Å². The second-order valence-corrected chi connectivity index (χ2v) is 12.9. The van der Waals surface area contributed by atoms with E-state index in [-0.39, 0.29) is 22.3 Å². The SMILES string of the molecule is CC1CCCC=C1c1cc(-c2nn(-c3nc(C(=O)O)cs3)c(CC3CC3)c2Cc2ccc([S+](N)[O-])c(F)c2)ccc1F. The van der Waals surface area contributed by atoms with Crippen molar-refractivity contribution in [3.8, 4) is 16.4 Å². The summed E-state index contributed by atoms with van der Waals surface area (Å²) in [7, 11) is 0. The Bertz CT molecular complexity index is 1690. The quantitative estimate of drug-likeness (QED) is 0.204. The molecule has 2 aromatic heterocycles. The third-order valence-corrected chi connectivity index (χ3v) is 9.62. The average Bonchev–Trinajstić information content (AvgIpc) is 3.51. The Morgan fingerprint density at radius 2 is 2.00 bits per heavy atom. The molecule has 1 fully saturated rings. The van der Waals surface area contributed by atoms with Crippen LogP contribution in [0.1, 0.15) is 71.9 Å². The van der Waals surface area contributed by atoms with Gasteiger partial charge in [-0.3, -0.25) is 0 Å². The number of aromatic nitrogens is 3. The van der Waals surface area contributed by atoms with Crippen LogP contribution >= 0.6 is 11.3 Å². The fraction of sp³-hybridized carbons (Fsp3) is 0.323. The van der Waals surface area contributed by atoms with E-state index >= 15 is 4.39 Å². The first-order valence-electron chi connectivity index (χ1n) is 13.9. The van der Waals surface area contributed by atoms with E-state index in [2.05, 4.69) is 18.0 Å². The van der Waals surface area contributed by atoms with Gasteiger partial charge in [0.25, 0.3) is 0 Å². The van der Waals surface area contributed by atoms with Crippen molar-refractivity contribution in [3.63, 3.8) is 0 Å². The maximum Gasteiger partial charge on any atom is 0.355 e. The Kier molecular flexibility index (Phi) is 8.01. The van der Waals surface area contributed by atoms with Crippen LogP contribution in [0.3, 0.4) is 0 Å². The topological polar surface area (TPSA) is 117 Å². The van der Waals surface area contributed by atoms with E-state index < -0.39 is 23.1 Å². The molecule has 0 amide bonds. The minimum Gasteiger partial charge on any atom is -0.593 e. The zero-order valence-corrected chi connectivity index (χ0v) is 24.6. The smallest absolute Gasteiger partial charge is 0.355 e. The molecule has 2 aliphatic carbocycles. The average molecular weight is 609 g/mol. The van der Waals surface area contributed by atoms with Crippen LogP contribution in [0.25, 0.3) is 22.0 Å². The van der Waals surface area contributed by atoms with E-state index in [1.165, 1.54) is 34.9 Å². The summed E-state index contributed by atoms with van der Waals surface area (Å²) in [4.78, 5) is 15.9. The number of rotatable bonds is 9. The Labute approximate surface area is 249 Å². The number of carbonyl (C=O) groups is 1. The highest BCUT2D eigenvalue weighted by Crippen LogP contribution is 2.40. The summed E-state index contributed by atoms with van der Waals surface area (Å²) in [5, 5.41) is 21.8. The molecule has 7 nitrogen and oxygen atoms in total. The molecule has 0 radical (unpaired) electrons. The number of thiazole rings is 1. The number of nitrogens with two attached hydrogens (primary N) is 1.